The lowest BCUT2D eigenvalue weighted by Crippen LogP contribution is -2.00. The maximum absolute atomic E-state index is 5.50. The van der Waals surface area contributed by atoms with Gasteiger partial charge in [-0.3, -0.25) is 0 Å². The summed E-state index contributed by atoms with van der Waals surface area (Å²) in [5.74, 6) is 1.82. The molecule has 5 nitrogen and oxygen atoms in total. The summed E-state index contributed by atoms with van der Waals surface area (Å²) in [5, 5.41) is 3.99. The zero-order valence-electron chi connectivity index (χ0n) is 11.4. The highest BCUT2D eigenvalue weighted by Gasteiger charge is 2.20. The minimum absolute atomic E-state index is 0.238. The summed E-state index contributed by atoms with van der Waals surface area (Å²) in [7, 11) is 1.66. The van der Waals surface area contributed by atoms with Gasteiger partial charge in [0, 0.05) is 5.56 Å². The van der Waals surface area contributed by atoms with E-state index in [1.807, 2.05) is 20.8 Å². The number of hydrogen-bond acceptors (Lipinski definition) is 5. The summed E-state index contributed by atoms with van der Waals surface area (Å²) >= 11 is 3.56. The summed E-state index contributed by atoms with van der Waals surface area (Å²) in [6.45, 7) is 6.26. The van der Waals surface area contributed by atoms with Gasteiger partial charge in [0.1, 0.15) is 5.75 Å². The lowest BCUT2D eigenvalue weighted by molar-refractivity contribution is 0.380. The molecule has 2 aromatic rings. The monoisotopic (exact) mass is 325 g/mol. The Bertz CT molecular complexity index is 594. The molecule has 0 atom stereocenters. The Hall–Kier alpha value is -1.40. The fourth-order valence-electron chi connectivity index (χ4n) is 2.10. The second-order valence-electron chi connectivity index (χ2n) is 4.31. The summed E-state index contributed by atoms with van der Waals surface area (Å²) in [6.07, 6.45) is 0. The summed E-state index contributed by atoms with van der Waals surface area (Å²) in [4.78, 5) is 4.29. The van der Waals surface area contributed by atoms with Crippen LogP contribution in [-0.4, -0.2) is 17.3 Å². The van der Waals surface area contributed by atoms with Crippen LogP contribution in [0.4, 0.5) is 0 Å². The number of nitrogens with two attached hydrogens (primary N) is 1. The first kappa shape index (κ1) is 14.0. The van der Waals surface area contributed by atoms with Crippen LogP contribution in [0.1, 0.15) is 22.6 Å². The quantitative estimate of drug-likeness (QED) is 0.939. The largest absolute Gasteiger partial charge is 0.495 e. The molecule has 0 fully saturated rings. The third kappa shape index (κ3) is 2.26. The first-order valence-corrected chi connectivity index (χ1v) is 6.66. The lowest BCUT2D eigenvalue weighted by atomic mass is 9.97. The van der Waals surface area contributed by atoms with Crippen LogP contribution in [0.2, 0.25) is 0 Å². The van der Waals surface area contributed by atoms with Crippen molar-refractivity contribution in [3.63, 3.8) is 0 Å². The van der Waals surface area contributed by atoms with Crippen LogP contribution in [0.3, 0.4) is 0 Å². The van der Waals surface area contributed by atoms with E-state index in [2.05, 4.69) is 26.1 Å². The van der Waals surface area contributed by atoms with Gasteiger partial charge in [0.05, 0.1) is 18.1 Å². The molecule has 0 unspecified atom stereocenters. The maximum atomic E-state index is 5.50. The molecule has 0 saturated heterocycles. The van der Waals surface area contributed by atoms with Crippen LogP contribution >= 0.6 is 15.9 Å². The normalized spacial score (nSPS) is 10.8. The molecule has 1 aromatic carbocycles. The average molecular weight is 326 g/mol. The Morgan fingerprint density at radius 2 is 1.89 bits per heavy atom. The van der Waals surface area contributed by atoms with Gasteiger partial charge >= 0.3 is 0 Å². The number of rotatable bonds is 3. The minimum Gasteiger partial charge on any atom is -0.495 e. The first-order valence-electron chi connectivity index (χ1n) is 5.87. The zero-order valence-corrected chi connectivity index (χ0v) is 13.0. The SMILES string of the molecule is COc1c(C)c(C)c(-c2noc(CN)n2)c(C)c1Br. The van der Waals surface area contributed by atoms with Gasteiger partial charge in [-0.1, -0.05) is 5.16 Å². The number of halogens is 1. The van der Waals surface area contributed by atoms with Gasteiger partial charge in [0.2, 0.25) is 11.7 Å². The number of aromatic nitrogens is 2. The molecule has 0 bridgehead atoms. The fraction of sp³-hybridized carbons (Fsp3) is 0.385. The van der Waals surface area contributed by atoms with E-state index >= 15 is 0 Å². The highest BCUT2D eigenvalue weighted by Crippen LogP contribution is 2.40. The molecule has 0 radical (unpaired) electrons. The molecule has 6 heteroatoms. The van der Waals surface area contributed by atoms with Crippen molar-refractivity contribution >= 4 is 15.9 Å². The van der Waals surface area contributed by atoms with E-state index in [1.165, 1.54) is 0 Å². The van der Waals surface area contributed by atoms with Crippen molar-refractivity contribution in [3.8, 4) is 17.1 Å². The second-order valence-corrected chi connectivity index (χ2v) is 5.11. The van der Waals surface area contributed by atoms with Crippen molar-refractivity contribution in [3.05, 3.63) is 27.1 Å². The van der Waals surface area contributed by atoms with Gasteiger partial charge in [-0.15, -0.1) is 0 Å². The molecule has 19 heavy (non-hydrogen) atoms. The van der Waals surface area contributed by atoms with Crippen molar-refractivity contribution < 1.29 is 9.26 Å². The van der Waals surface area contributed by atoms with Gasteiger partial charge in [-0.2, -0.15) is 4.98 Å². The number of methoxy groups -OCH3 is 1. The number of ether oxygens (including phenoxy) is 1. The predicted molar refractivity (Wildman–Crippen MR) is 76.1 cm³/mol. The van der Waals surface area contributed by atoms with E-state index in [-0.39, 0.29) is 6.54 Å². The van der Waals surface area contributed by atoms with Crippen LogP contribution in [0, 0.1) is 20.8 Å². The van der Waals surface area contributed by atoms with Crippen molar-refractivity contribution in [2.45, 2.75) is 27.3 Å². The summed E-state index contributed by atoms with van der Waals surface area (Å²) < 4.78 is 11.4. The van der Waals surface area contributed by atoms with E-state index in [4.69, 9.17) is 15.0 Å². The molecule has 0 aliphatic carbocycles. The van der Waals surface area contributed by atoms with Crippen LogP contribution < -0.4 is 10.5 Å². The third-order valence-electron chi connectivity index (χ3n) is 3.25. The minimum atomic E-state index is 0.238. The Labute approximate surface area is 120 Å². The van der Waals surface area contributed by atoms with E-state index < -0.39 is 0 Å². The van der Waals surface area contributed by atoms with Crippen molar-refractivity contribution in [1.82, 2.24) is 10.1 Å². The maximum Gasteiger partial charge on any atom is 0.240 e. The molecule has 0 aliphatic heterocycles. The molecule has 0 saturated carbocycles. The van der Waals surface area contributed by atoms with Gasteiger partial charge in [-0.25, -0.2) is 0 Å². The molecule has 2 rings (SSSR count). The van der Waals surface area contributed by atoms with Crippen molar-refractivity contribution in [1.29, 1.82) is 0 Å². The topological polar surface area (TPSA) is 74.2 Å². The van der Waals surface area contributed by atoms with Crippen molar-refractivity contribution in [2.75, 3.05) is 7.11 Å². The summed E-state index contributed by atoms with van der Waals surface area (Å²) in [5.41, 5.74) is 9.59. The zero-order chi connectivity index (χ0) is 14.2. The smallest absolute Gasteiger partial charge is 0.240 e. The third-order valence-corrected chi connectivity index (χ3v) is 4.21. The van der Waals surface area contributed by atoms with Crippen LogP contribution in [0.5, 0.6) is 5.75 Å². The Kier molecular flexibility index (Phi) is 3.91. The molecule has 1 heterocycles. The van der Waals surface area contributed by atoms with Crippen LogP contribution in [0.15, 0.2) is 9.00 Å². The molecule has 0 aliphatic rings. The van der Waals surface area contributed by atoms with Gasteiger partial charge in [-0.05, 0) is 53.4 Å². The van der Waals surface area contributed by atoms with E-state index in [9.17, 15) is 0 Å². The lowest BCUT2D eigenvalue weighted by Gasteiger charge is -2.16. The predicted octanol–water partition coefficient (Wildman–Crippen LogP) is 2.89. The van der Waals surface area contributed by atoms with Crippen molar-refractivity contribution in [2.24, 2.45) is 5.73 Å². The highest BCUT2D eigenvalue weighted by atomic mass is 79.9. The molecule has 2 N–H and O–H groups in total. The second kappa shape index (κ2) is 5.30. The highest BCUT2D eigenvalue weighted by molar-refractivity contribution is 9.10. The Balaban J connectivity index is 2.70. The van der Waals surface area contributed by atoms with Gasteiger partial charge in [0.15, 0.2) is 0 Å². The van der Waals surface area contributed by atoms with E-state index in [0.717, 1.165) is 32.5 Å². The molecule has 102 valence electrons. The standard InChI is InChI=1S/C13H16BrN3O2/c1-6-7(2)12(18-4)11(14)8(3)10(6)13-16-9(5-15)19-17-13/h5,15H2,1-4H3. The first-order chi connectivity index (χ1) is 9.01. The molecule has 0 spiro atoms. The fourth-order valence-corrected chi connectivity index (χ4v) is 2.76. The van der Waals surface area contributed by atoms with Gasteiger partial charge in [0.25, 0.3) is 0 Å². The average Bonchev–Trinajstić information content (AvgIpc) is 2.86. The number of hydrogen-bond donors (Lipinski definition) is 1. The Morgan fingerprint density at radius 1 is 1.21 bits per heavy atom. The number of nitrogens with zero attached hydrogens (tertiary/aromatic N) is 2. The van der Waals surface area contributed by atoms with Crippen LogP contribution in [0.25, 0.3) is 11.4 Å². The Morgan fingerprint density at radius 3 is 2.42 bits per heavy atom. The van der Waals surface area contributed by atoms with E-state index in [1.54, 1.807) is 7.11 Å². The van der Waals surface area contributed by atoms with Crippen LogP contribution in [-0.2, 0) is 6.54 Å². The number of benzene rings is 1. The van der Waals surface area contributed by atoms with E-state index in [0.29, 0.717) is 11.7 Å². The molecular weight excluding hydrogens is 310 g/mol. The van der Waals surface area contributed by atoms with Gasteiger partial charge < -0.3 is 15.0 Å². The molecular formula is C13H16BrN3O2. The molecule has 0 amide bonds. The summed E-state index contributed by atoms with van der Waals surface area (Å²) in [6, 6.07) is 0. The molecule has 1 aromatic heterocycles.